The van der Waals surface area contributed by atoms with E-state index in [-0.39, 0.29) is 18.1 Å². The smallest absolute Gasteiger partial charge is 0.332 e. The summed E-state index contributed by atoms with van der Waals surface area (Å²) in [6.07, 6.45) is 1.76. The Labute approximate surface area is 102 Å². The third-order valence-electron chi connectivity index (χ3n) is 1.86. The molecule has 0 N–H and O–H groups in total. The lowest BCUT2D eigenvalue weighted by molar-refractivity contribution is -0.386. The van der Waals surface area contributed by atoms with Crippen molar-refractivity contribution >= 4 is 5.69 Å². The number of rotatable bonds is 4. The van der Waals surface area contributed by atoms with Crippen molar-refractivity contribution in [3.8, 4) is 17.7 Å². The molecule has 0 amide bonds. The van der Waals surface area contributed by atoms with Crippen molar-refractivity contribution < 1.29 is 9.66 Å². The second-order valence-electron chi connectivity index (χ2n) is 3.02. The van der Waals surface area contributed by atoms with Crippen LogP contribution < -0.4 is 4.74 Å². The maximum absolute atomic E-state index is 10.7. The lowest BCUT2D eigenvalue weighted by atomic mass is 10.2. The van der Waals surface area contributed by atoms with Gasteiger partial charge < -0.3 is 4.74 Å². The number of hydrogen-bond acceptors (Lipinski definition) is 5. The van der Waals surface area contributed by atoms with Crippen LogP contribution in [0.25, 0.3) is 10.4 Å². The van der Waals surface area contributed by atoms with Gasteiger partial charge in [-0.25, -0.2) is 4.98 Å². The number of azide groups is 1. The van der Waals surface area contributed by atoms with E-state index in [0.717, 1.165) is 0 Å². The number of nitrogens with zero attached hydrogens (tertiary/aromatic N) is 5. The van der Waals surface area contributed by atoms with Crippen LogP contribution in [0.15, 0.2) is 17.4 Å². The first kappa shape index (κ1) is 13.3. The first-order valence-corrected chi connectivity index (χ1v) is 4.87. The average molecular weight is 247 g/mol. The third kappa shape index (κ3) is 3.66. The number of nitro groups is 1. The Morgan fingerprint density at radius 3 is 3.11 bits per heavy atom. The molecule has 1 aromatic rings. The molecule has 0 radical (unpaired) electrons. The molecule has 1 rings (SSSR count). The van der Waals surface area contributed by atoms with Gasteiger partial charge in [0.15, 0.2) is 0 Å². The highest BCUT2D eigenvalue weighted by Gasteiger charge is 2.16. The van der Waals surface area contributed by atoms with E-state index in [9.17, 15) is 10.1 Å². The summed E-state index contributed by atoms with van der Waals surface area (Å²) in [4.78, 5) is 16.5. The molecule has 8 heteroatoms. The lowest BCUT2D eigenvalue weighted by Gasteiger charge is -1.99. The maximum Gasteiger partial charge on any atom is 0.332 e. The molecule has 0 spiro atoms. The molecule has 0 aliphatic rings. The highest BCUT2D eigenvalue weighted by molar-refractivity contribution is 5.47. The summed E-state index contributed by atoms with van der Waals surface area (Å²) in [5.74, 6) is 5.36. The van der Waals surface area contributed by atoms with Crippen LogP contribution in [-0.2, 0) is 0 Å². The maximum atomic E-state index is 10.7. The average Bonchev–Trinajstić information content (AvgIpc) is 2.38. The van der Waals surface area contributed by atoms with E-state index in [2.05, 4.69) is 26.9 Å². The van der Waals surface area contributed by atoms with Crippen LogP contribution in [0, 0.1) is 22.0 Å². The zero-order valence-corrected chi connectivity index (χ0v) is 9.53. The van der Waals surface area contributed by atoms with E-state index in [0.29, 0.717) is 12.0 Å². The largest absolute Gasteiger partial charge is 0.476 e. The standard InChI is InChI=1S/C10H9N5O3/c1-18-10-9(15(16)17)6-8(7-12-10)4-2-3-5-13-14-11/h6-7H,3,5H2,1H3. The molecule has 0 unspecified atom stereocenters. The summed E-state index contributed by atoms with van der Waals surface area (Å²) >= 11 is 0. The molecule has 0 saturated heterocycles. The van der Waals surface area contributed by atoms with E-state index < -0.39 is 4.92 Å². The van der Waals surface area contributed by atoms with Crippen LogP contribution >= 0.6 is 0 Å². The molecular formula is C10H9N5O3. The summed E-state index contributed by atoms with van der Waals surface area (Å²) in [5, 5.41) is 14.0. The normalized spacial score (nSPS) is 8.72. The van der Waals surface area contributed by atoms with Gasteiger partial charge in [-0.1, -0.05) is 17.0 Å². The van der Waals surface area contributed by atoms with Crippen LogP contribution in [0.5, 0.6) is 5.88 Å². The Balaban J connectivity index is 2.88. The van der Waals surface area contributed by atoms with Crippen LogP contribution in [0.4, 0.5) is 5.69 Å². The first-order chi connectivity index (χ1) is 8.69. The second-order valence-corrected chi connectivity index (χ2v) is 3.02. The molecule has 0 aliphatic heterocycles. The number of pyridine rings is 1. The van der Waals surface area contributed by atoms with Gasteiger partial charge in [-0.05, 0) is 5.53 Å². The molecule has 1 aromatic heterocycles. The topological polar surface area (TPSA) is 114 Å². The number of ether oxygens (including phenoxy) is 1. The molecule has 0 aliphatic carbocycles. The summed E-state index contributed by atoms with van der Waals surface area (Å²) in [6.45, 7) is 0.259. The molecule has 18 heavy (non-hydrogen) atoms. The van der Waals surface area contributed by atoms with Crippen LogP contribution in [0.1, 0.15) is 12.0 Å². The number of hydrogen-bond donors (Lipinski definition) is 0. The van der Waals surface area contributed by atoms with E-state index >= 15 is 0 Å². The molecule has 0 fully saturated rings. The van der Waals surface area contributed by atoms with Crippen molar-refractivity contribution in [1.82, 2.24) is 4.98 Å². The van der Waals surface area contributed by atoms with Crippen LogP contribution in [0.3, 0.4) is 0 Å². The zero-order chi connectivity index (χ0) is 13.4. The molecule has 8 nitrogen and oxygen atoms in total. The monoisotopic (exact) mass is 247 g/mol. The summed E-state index contributed by atoms with van der Waals surface area (Å²) in [5.41, 5.74) is 8.22. The minimum absolute atomic E-state index is 0.0559. The number of aromatic nitrogens is 1. The number of methoxy groups -OCH3 is 1. The minimum Gasteiger partial charge on any atom is -0.476 e. The summed E-state index contributed by atoms with van der Waals surface area (Å²) in [7, 11) is 1.31. The predicted octanol–water partition coefficient (Wildman–Crippen LogP) is 2.05. The second kappa shape index (κ2) is 6.73. The Kier molecular flexibility index (Phi) is 4.97. The van der Waals surface area contributed by atoms with Crippen molar-refractivity contribution in [3.63, 3.8) is 0 Å². The zero-order valence-electron chi connectivity index (χ0n) is 9.53. The van der Waals surface area contributed by atoms with Crippen molar-refractivity contribution in [2.75, 3.05) is 13.7 Å². The molecule has 0 saturated carbocycles. The van der Waals surface area contributed by atoms with E-state index in [1.807, 2.05) is 0 Å². The fraction of sp³-hybridized carbons (Fsp3) is 0.300. The Hall–Kier alpha value is -2.78. The van der Waals surface area contributed by atoms with Gasteiger partial charge in [0.1, 0.15) is 0 Å². The van der Waals surface area contributed by atoms with Gasteiger partial charge in [-0.2, -0.15) is 0 Å². The SMILES string of the molecule is COc1ncc(C#CCCN=[N+]=[N-])cc1[N+](=O)[O-]. The highest BCUT2D eigenvalue weighted by Crippen LogP contribution is 2.23. The Bertz CT molecular complexity index is 554. The van der Waals surface area contributed by atoms with Crippen molar-refractivity contribution in [1.29, 1.82) is 0 Å². The van der Waals surface area contributed by atoms with Gasteiger partial charge in [-0.15, -0.1) is 0 Å². The lowest BCUT2D eigenvalue weighted by Crippen LogP contribution is -1.96. The van der Waals surface area contributed by atoms with E-state index in [1.165, 1.54) is 19.4 Å². The van der Waals surface area contributed by atoms with Crippen molar-refractivity contribution in [2.45, 2.75) is 6.42 Å². The van der Waals surface area contributed by atoms with Gasteiger partial charge >= 0.3 is 5.69 Å². The van der Waals surface area contributed by atoms with Crippen molar-refractivity contribution in [3.05, 3.63) is 38.4 Å². The molecule has 0 aromatic carbocycles. The Morgan fingerprint density at radius 1 is 1.72 bits per heavy atom. The van der Waals surface area contributed by atoms with Crippen LogP contribution in [-0.4, -0.2) is 23.6 Å². The van der Waals surface area contributed by atoms with Gasteiger partial charge in [0, 0.05) is 35.7 Å². The van der Waals surface area contributed by atoms with Crippen LogP contribution in [0.2, 0.25) is 0 Å². The fourth-order valence-electron chi connectivity index (χ4n) is 1.11. The molecule has 0 bridgehead atoms. The molecule has 92 valence electrons. The first-order valence-electron chi connectivity index (χ1n) is 4.87. The molecule has 0 atom stereocenters. The quantitative estimate of drug-likeness (QED) is 0.154. The van der Waals surface area contributed by atoms with Crippen molar-refractivity contribution in [2.24, 2.45) is 5.11 Å². The fourth-order valence-corrected chi connectivity index (χ4v) is 1.11. The highest BCUT2D eigenvalue weighted by atomic mass is 16.6. The molecule has 1 heterocycles. The predicted molar refractivity (Wildman–Crippen MR) is 63.0 cm³/mol. The van der Waals surface area contributed by atoms with Gasteiger partial charge in [-0.3, -0.25) is 10.1 Å². The van der Waals surface area contributed by atoms with Gasteiger partial charge in [0.25, 0.3) is 5.88 Å². The van der Waals surface area contributed by atoms with E-state index in [1.54, 1.807) is 0 Å². The molecular weight excluding hydrogens is 238 g/mol. The Morgan fingerprint density at radius 2 is 2.50 bits per heavy atom. The van der Waals surface area contributed by atoms with Gasteiger partial charge in [0.2, 0.25) is 0 Å². The summed E-state index contributed by atoms with van der Waals surface area (Å²) < 4.78 is 4.76. The summed E-state index contributed by atoms with van der Waals surface area (Å²) in [6, 6.07) is 1.28. The van der Waals surface area contributed by atoms with E-state index in [4.69, 9.17) is 10.3 Å². The third-order valence-corrected chi connectivity index (χ3v) is 1.86. The minimum atomic E-state index is -0.586. The van der Waals surface area contributed by atoms with Gasteiger partial charge in [0.05, 0.1) is 12.0 Å².